The van der Waals surface area contributed by atoms with Crippen molar-refractivity contribution in [1.29, 1.82) is 0 Å². The highest BCUT2D eigenvalue weighted by atomic mass is 19.4. The number of benzene rings is 1. The second-order valence-electron chi connectivity index (χ2n) is 7.82. The van der Waals surface area contributed by atoms with E-state index in [1.165, 1.54) is 4.90 Å². The van der Waals surface area contributed by atoms with Crippen LogP contribution >= 0.6 is 0 Å². The van der Waals surface area contributed by atoms with Crippen molar-refractivity contribution in [3.8, 4) is 5.75 Å². The van der Waals surface area contributed by atoms with Gasteiger partial charge in [0.15, 0.2) is 5.96 Å². The number of ether oxygens (including phenoxy) is 1. The minimum Gasteiger partial charge on any atom is -0.494 e. The molecule has 9 heteroatoms. The Bertz CT molecular complexity index is 649. The molecule has 0 aromatic heterocycles. The molecule has 1 atom stereocenters. The number of likely N-dealkylation sites (tertiary alicyclic amines) is 1. The predicted octanol–water partition coefficient (Wildman–Crippen LogP) is 2.71. The van der Waals surface area contributed by atoms with Crippen LogP contribution in [0.25, 0.3) is 0 Å². The number of aliphatic imine (C=N–C) groups is 1. The topological polar surface area (TPSA) is 52.1 Å². The summed E-state index contributed by atoms with van der Waals surface area (Å²) in [6, 6.07) is 7.80. The van der Waals surface area contributed by atoms with Crippen molar-refractivity contribution in [2.75, 3.05) is 53.4 Å². The molecule has 1 fully saturated rings. The van der Waals surface area contributed by atoms with Gasteiger partial charge in [-0.05, 0) is 51.6 Å². The lowest BCUT2D eigenvalue weighted by Gasteiger charge is -2.19. The molecule has 1 heterocycles. The van der Waals surface area contributed by atoms with Crippen LogP contribution in [0.15, 0.2) is 29.3 Å². The summed E-state index contributed by atoms with van der Waals surface area (Å²) in [6.07, 6.45) is -2.52. The Hall–Kier alpha value is -2.00. The molecule has 0 spiro atoms. The molecular formula is C21H34F3N5O. The van der Waals surface area contributed by atoms with Gasteiger partial charge in [0.05, 0.1) is 19.7 Å². The van der Waals surface area contributed by atoms with Crippen LogP contribution in [-0.2, 0) is 6.54 Å². The van der Waals surface area contributed by atoms with E-state index in [0.717, 1.165) is 24.3 Å². The molecule has 1 aliphatic rings. The van der Waals surface area contributed by atoms with Gasteiger partial charge in [-0.3, -0.25) is 4.90 Å². The monoisotopic (exact) mass is 429 g/mol. The van der Waals surface area contributed by atoms with Crippen molar-refractivity contribution in [1.82, 2.24) is 20.4 Å². The van der Waals surface area contributed by atoms with Gasteiger partial charge in [0.1, 0.15) is 5.75 Å². The highest BCUT2D eigenvalue weighted by Gasteiger charge is 2.34. The molecule has 1 unspecified atom stereocenters. The zero-order valence-corrected chi connectivity index (χ0v) is 18.1. The number of alkyl halides is 3. The zero-order chi connectivity index (χ0) is 22.0. The maximum atomic E-state index is 12.6. The van der Waals surface area contributed by atoms with E-state index >= 15 is 0 Å². The average Bonchev–Trinajstić information content (AvgIpc) is 3.09. The van der Waals surface area contributed by atoms with Gasteiger partial charge in [-0.25, -0.2) is 4.99 Å². The Morgan fingerprint density at radius 2 is 2.00 bits per heavy atom. The van der Waals surface area contributed by atoms with Crippen LogP contribution < -0.4 is 15.4 Å². The van der Waals surface area contributed by atoms with E-state index in [9.17, 15) is 13.2 Å². The Morgan fingerprint density at radius 3 is 2.63 bits per heavy atom. The van der Waals surface area contributed by atoms with Crippen LogP contribution in [0.1, 0.15) is 25.3 Å². The normalized spacial score (nSPS) is 18.1. The molecule has 30 heavy (non-hydrogen) atoms. The maximum Gasteiger partial charge on any atom is 0.401 e. The van der Waals surface area contributed by atoms with Gasteiger partial charge in [-0.15, -0.1) is 0 Å². The molecule has 0 aliphatic carbocycles. The molecule has 2 rings (SSSR count). The lowest BCUT2D eigenvalue weighted by Crippen LogP contribution is -2.45. The van der Waals surface area contributed by atoms with Crippen molar-refractivity contribution in [2.24, 2.45) is 4.99 Å². The Balaban J connectivity index is 1.81. The number of hydrogen-bond acceptors (Lipinski definition) is 4. The van der Waals surface area contributed by atoms with Crippen molar-refractivity contribution in [3.05, 3.63) is 29.8 Å². The first kappa shape index (κ1) is 24.3. The molecule has 170 valence electrons. The summed E-state index contributed by atoms with van der Waals surface area (Å²) < 4.78 is 43.4. The third-order valence-corrected chi connectivity index (χ3v) is 4.72. The molecule has 0 radical (unpaired) electrons. The number of nitrogens with one attached hydrogen (secondary N) is 2. The lowest BCUT2D eigenvalue weighted by atomic mass is 10.2. The molecule has 0 amide bonds. The molecule has 1 saturated heterocycles. The van der Waals surface area contributed by atoms with E-state index in [2.05, 4.69) is 20.5 Å². The second-order valence-corrected chi connectivity index (χ2v) is 7.82. The van der Waals surface area contributed by atoms with Gasteiger partial charge in [-0.2, -0.15) is 13.2 Å². The van der Waals surface area contributed by atoms with Gasteiger partial charge in [0.2, 0.25) is 0 Å². The lowest BCUT2D eigenvalue weighted by molar-refractivity contribution is -0.143. The van der Waals surface area contributed by atoms with E-state index in [1.54, 1.807) is 0 Å². The molecule has 1 aromatic carbocycles. The Labute approximate surface area is 177 Å². The number of halogens is 3. The minimum atomic E-state index is -4.16. The Kier molecular flexibility index (Phi) is 9.71. The van der Waals surface area contributed by atoms with E-state index in [0.29, 0.717) is 45.2 Å². The quantitative estimate of drug-likeness (QED) is 0.340. The second kappa shape index (κ2) is 12.0. The number of rotatable bonds is 10. The summed E-state index contributed by atoms with van der Waals surface area (Å²) >= 11 is 0. The van der Waals surface area contributed by atoms with E-state index in [-0.39, 0.29) is 6.04 Å². The highest BCUT2D eigenvalue weighted by Crippen LogP contribution is 2.20. The van der Waals surface area contributed by atoms with Crippen LogP contribution in [0.5, 0.6) is 5.75 Å². The Morgan fingerprint density at radius 1 is 1.27 bits per heavy atom. The fourth-order valence-electron chi connectivity index (χ4n) is 3.29. The highest BCUT2D eigenvalue weighted by molar-refractivity contribution is 5.80. The molecular weight excluding hydrogens is 395 g/mol. The summed E-state index contributed by atoms with van der Waals surface area (Å²) in [5.74, 6) is 1.46. The smallest absolute Gasteiger partial charge is 0.401 e. The van der Waals surface area contributed by atoms with Gasteiger partial charge in [0, 0.05) is 32.2 Å². The molecule has 2 N–H and O–H groups in total. The summed E-state index contributed by atoms with van der Waals surface area (Å²) in [7, 11) is 4.08. The number of nitrogens with zero attached hydrogens (tertiary/aromatic N) is 3. The summed E-state index contributed by atoms with van der Waals surface area (Å²) in [5.41, 5.74) is 1.04. The minimum absolute atomic E-state index is 0.0388. The predicted molar refractivity (Wildman–Crippen MR) is 114 cm³/mol. The van der Waals surface area contributed by atoms with Crippen LogP contribution in [0.3, 0.4) is 0 Å². The van der Waals surface area contributed by atoms with Crippen molar-refractivity contribution in [3.63, 3.8) is 0 Å². The van der Waals surface area contributed by atoms with Crippen molar-refractivity contribution < 1.29 is 17.9 Å². The summed E-state index contributed by atoms with van der Waals surface area (Å²) in [6.45, 7) is 4.74. The van der Waals surface area contributed by atoms with Crippen LogP contribution in [0.4, 0.5) is 13.2 Å². The molecule has 0 bridgehead atoms. The third-order valence-electron chi connectivity index (χ3n) is 4.72. The van der Waals surface area contributed by atoms with Gasteiger partial charge in [-0.1, -0.05) is 12.1 Å². The van der Waals surface area contributed by atoms with E-state index in [4.69, 9.17) is 4.74 Å². The maximum absolute atomic E-state index is 12.6. The van der Waals surface area contributed by atoms with Crippen molar-refractivity contribution >= 4 is 5.96 Å². The third kappa shape index (κ3) is 9.67. The number of guanidine groups is 1. The summed E-state index contributed by atoms with van der Waals surface area (Å²) in [4.78, 5) is 8.13. The first-order valence-corrected chi connectivity index (χ1v) is 10.5. The van der Waals surface area contributed by atoms with Gasteiger partial charge >= 0.3 is 6.18 Å². The zero-order valence-electron chi connectivity index (χ0n) is 18.1. The molecule has 1 aliphatic heterocycles. The van der Waals surface area contributed by atoms with Gasteiger partial charge < -0.3 is 20.3 Å². The standard InChI is InChI=1S/C21H34F3N5O/c1-4-25-20(27-18-10-12-29(15-18)16-21(22,23)24)26-14-17-6-8-19(9-7-17)30-13-5-11-28(2)3/h6-9,18H,4-5,10-16H2,1-3H3,(H2,25,26,27). The summed E-state index contributed by atoms with van der Waals surface area (Å²) in [5, 5.41) is 6.43. The first-order valence-electron chi connectivity index (χ1n) is 10.5. The number of hydrogen-bond donors (Lipinski definition) is 2. The van der Waals surface area contributed by atoms with Crippen LogP contribution in [0, 0.1) is 0 Å². The van der Waals surface area contributed by atoms with E-state index < -0.39 is 12.7 Å². The SMILES string of the molecule is CCNC(=NCc1ccc(OCCCN(C)C)cc1)NC1CCN(CC(F)(F)F)C1. The van der Waals surface area contributed by atoms with Crippen LogP contribution in [0.2, 0.25) is 0 Å². The fraction of sp³-hybridized carbons (Fsp3) is 0.667. The average molecular weight is 430 g/mol. The van der Waals surface area contributed by atoms with Crippen molar-refractivity contribution in [2.45, 2.75) is 38.5 Å². The fourth-order valence-corrected chi connectivity index (χ4v) is 3.29. The molecule has 1 aromatic rings. The van der Waals surface area contributed by atoms with Gasteiger partial charge in [0.25, 0.3) is 0 Å². The van der Waals surface area contributed by atoms with Crippen LogP contribution in [-0.4, -0.2) is 81.4 Å². The van der Waals surface area contributed by atoms with E-state index in [1.807, 2.05) is 45.3 Å². The molecule has 0 saturated carbocycles. The molecule has 6 nitrogen and oxygen atoms in total. The first-order chi connectivity index (χ1) is 14.2. The largest absolute Gasteiger partial charge is 0.494 e.